The zero-order valence-electron chi connectivity index (χ0n) is 21.3. The normalized spacial score (nSPS) is 12.0. The number of carbonyl (C=O) groups is 3. The number of hydrogen-bond donors (Lipinski definition) is 1. The minimum absolute atomic E-state index is 0.0564. The molecule has 10 heteroatoms. The first-order chi connectivity index (χ1) is 17.7. The highest BCUT2D eigenvalue weighted by atomic mass is 35.5. The Morgan fingerprint density at radius 3 is 2.16 bits per heavy atom. The molecule has 3 aromatic rings. The Morgan fingerprint density at radius 1 is 0.921 bits per heavy atom. The fraction of sp³-hybridized carbons (Fsp3) is 0.250. The number of nitrogens with zero attached hydrogens (tertiary/aromatic N) is 1. The average Bonchev–Trinajstić information content (AvgIpc) is 2.79. The zero-order chi connectivity index (χ0) is 28.4. The Labute approximate surface area is 229 Å². The molecule has 0 aliphatic heterocycles. The van der Waals surface area contributed by atoms with E-state index in [2.05, 4.69) is 0 Å². The van der Waals surface area contributed by atoms with E-state index in [1.165, 1.54) is 57.2 Å². The van der Waals surface area contributed by atoms with Crippen molar-refractivity contribution in [3.8, 4) is 0 Å². The molecule has 200 valence electrons. The summed E-state index contributed by atoms with van der Waals surface area (Å²) in [7, 11) is 0. The van der Waals surface area contributed by atoms with E-state index in [4.69, 9.17) is 32.7 Å². The number of anilines is 2. The summed E-state index contributed by atoms with van der Waals surface area (Å²) in [5.74, 6) is -1.84. The van der Waals surface area contributed by atoms with Crippen LogP contribution in [0.5, 0.6) is 0 Å². The summed E-state index contributed by atoms with van der Waals surface area (Å²) < 4.78 is 24.1. The highest BCUT2D eigenvalue weighted by molar-refractivity contribution is 6.35. The SMILES string of the molecule is Cc1cc(Cl)ccc1C(=O)c1ccc(N(C(=O)OC(C)OC(=O)C(C)(C)O)c2ccc(F)cc2C)cc1Cl. The smallest absolute Gasteiger partial charge is 0.422 e. The van der Waals surface area contributed by atoms with Gasteiger partial charge in [-0.25, -0.2) is 18.9 Å². The molecule has 0 aromatic heterocycles. The Kier molecular flexibility index (Phi) is 8.82. The van der Waals surface area contributed by atoms with Gasteiger partial charge in [0.1, 0.15) is 5.82 Å². The second-order valence-electron chi connectivity index (χ2n) is 9.13. The summed E-state index contributed by atoms with van der Waals surface area (Å²) in [5, 5.41) is 10.4. The van der Waals surface area contributed by atoms with Crippen LogP contribution in [0, 0.1) is 19.7 Å². The molecule has 7 nitrogen and oxygen atoms in total. The number of esters is 1. The van der Waals surface area contributed by atoms with Crippen molar-refractivity contribution >= 4 is 52.4 Å². The molecule has 0 saturated heterocycles. The third-order valence-electron chi connectivity index (χ3n) is 5.51. The highest BCUT2D eigenvalue weighted by Gasteiger charge is 2.30. The molecule has 1 amide bonds. The van der Waals surface area contributed by atoms with Crippen LogP contribution in [0.1, 0.15) is 47.8 Å². The standard InChI is InChI=1S/C28H26Cl2FNO6/c1-15-12-18(29)6-9-21(15)25(33)22-10-8-20(14-23(22)30)32(24-11-7-19(31)13-16(24)2)27(35)38-17(3)37-26(34)28(4,5)36/h6-14,17,36H,1-5H3. The van der Waals surface area contributed by atoms with Gasteiger partial charge < -0.3 is 14.6 Å². The first-order valence-corrected chi connectivity index (χ1v) is 12.3. The summed E-state index contributed by atoms with van der Waals surface area (Å²) >= 11 is 12.5. The van der Waals surface area contributed by atoms with Gasteiger partial charge >= 0.3 is 12.1 Å². The van der Waals surface area contributed by atoms with E-state index in [0.717, 1.165) is 4.90 Å². The molecule has 1 unspecified atom stereocenters. The maximum Gasteiger partial charge on any atom is 0.422 e. The lowest BCUT2D eigenvalue weighted by Gasteiger charge is -2.27. The molecule has 0 heterocycles. The van der Waals surface area contributed by atoms with Crippen LogP contribution < -0.4 is 4.90 Å². The van der Waals surface area contributed by atoms with Crippen LogP contribution in [0.15, 0.2) is 54.6 Å². The predicted molar refractivity (Wildman–Crippen MR) is 143 cm³/mol. The number of hydrogen-bond acceptors (Lipinski definition) is 6. The van der Waals surface area contributed by atoms with Crippen molar-refractivity contribution in [2.24, 2.45) is 0 Å². The molecule has 38 heavy (non-hydrogen) atoms. The van der Waals surface area contributed by atoms with E-state index in [1.54, 1.807) is 32.0 Å². The Bertz CT molecular complexity index is 1400. The van der Waals surface area contributed by atoms with Gasteiger partial charge in [-0.2, -0.15) is 0 Å². The third kappa shape index (κ3) is 6.69. The molecule has 0 saturated carbocycles. The van der Waals surface area contributed by atoms with Crippen molar-refractivity contribution in [3.63, 3.8) is 0 Å². The van der Waals surface area contributed by atoms with Crippen molar-refractivity contribution < 1.29 is 33.4 Å². The number of ketones is 1. The van der Waals surface area contributed by atoms with Crippen molar-refractivity contribution in [1.29, 1.82) is 0 Å². The summed E-state index contributed by atoms with van der Waals surface area (Å²) in [5.41, 5.74) is 0.350. The van der Waals surface area contributed by atoms with Gasteiger partial charge in [0.2, 0.25) is 6.29 Å². The molecule has 1 N–H and O–H groups in total. The van der Waals surface area contributed by atoms with E-state index in [0.29, 0.717) is 21.7 Å². The molecule has 0 radical (unpaired) electrons. The Hall–Kier alpha value is -3.46. The van der Waals surface area contributed by atoms with Gasteiger partial charge in [0, 0.05) is 23.1 Å². The number of amides is 1. The molecule has 1 atom stereocenters. The van der Waals surface area contributed by atoms with Crippen LogP contribution in [0.3, 0.4) is 0 Å². The number of aryl methyl sites for hydroxylation is 2. The lowest BCUT2D eigenvalue weighted by Crippen LogP contribution is -2.38. The third-order valence-corrected chi connectivity index (χ3v) is 6.06. The number of rotatable bonds is 7. The first kappa shape index (κ1) is 29.1. The van der Waals surface area contributed by atoms with E-state index in [-0.39, 0.29) is 27.7 Å². The van der Waals surface area contributed by atoms with Gasteiger partial charge in [-0.3, -0.25) is 4.79 Å². The number of ether oxygens (including phenoxy) is 2. The maximum absolute atomic E-state index is 13.8. The van der Waals surface area contributed by atoms with Crippen LogP contribution >= 0.6 is 23.2 Å². The molecular formula is C28H26Cl2FNO6. The molecule has 0 fully saturated rings. The second-order valence-corrected chi connectivity index (χ2v) is 9.98. The largest absolute Gasteiger partial charge is 0.423 e. The monoisotopic (exact) mass is 561 g/mol. The minimum atomic E-state index is -1.80. The van der Waals surface area contributed by atoms with Crippen LogP contribution in [0.2, 0.25) is 10.0 Å². The maximum atomic E-state index is 13.8. The Morgan fingerprint density at radius 2 is 1.58 bits per heavy atom. The molecule has 0 aliphatic rings. The minimum Gasteiger partial charge on any atom is -0.423 e. The summed E-state index contributed by atoms with van der Waals surface area (Å²) in [6.45, 7) is 7.12. The van der Waals surface area contributed by atoms with E-state index >= 15 is 0 Å². The predicted octanol–water partition coefficient (Wildman–Crippen LogP) is 6.92. The number of aliphatic hydroxyl groups is 1. The van der Waals surface area contributed by atoms with Crippen molar-refractivity contribution in [1.82, 2.24) is 0 Å². The lowest BCUT2D eigenvalue weighted by molar-refractivity contribution is -0.182. The number of carbonyl (C=O) groups excluding carboxylic acids is 3. The zero-order valence-corrected chi connectivity index (χ0v) is 22.9. The first-order valence-electron chi connectivity index (χ1n) is 11.5. The molecular weight excluding hydrogens is 536 g/mol. The molecule has 0 spiro atoms. The molecule has 3 rings (SSSR count). The van der Waals surface area contributed by atoms with Crippen LogP contribution in [0.4, 0.5) is 20.6 Å². The van der Waals surface area contributed by atoms with Gasteiger partial charge in [-0.05, 0) is 93.4 Å². The van der Waals surface area contributed by atoms with Gasteiger partial charge in [0.25, 0.3) is 0 Å². The molecule has 0 aliphatic carbocycles. The topological polar surface area (TPSA) is 93.1 Å². The Balaban J connectivity index is 1.99. The fourth-order valence-electron chi connectivity index (χ4n) is 3.58. The van der Waals surface area contributed by atoms with E-state index in [9.17, 15) is 23.9 Å². The molecule has 0 bridgehead atoms. The quantitative estimate of drug-likeness (QED) is 0.191. The highest BCUT2D eigenvalue weighted by Crippen LogP contribution is 2.34. The summed E-state index contributed by atoms with van der Waals surface area (Å²) in [4.78, 5) is 39.5. The summed E-state index contributed by atoms with van der Waals surface area (Å²) in [6, 6.07) is 13.0. The number of benzene rings is 3. The van der Waals surface area contributed by atoms with Crippen LogP contribution in [0.25, 0.3) is 0 Å². The van der Waals surface area contributed by atoms with E-state index in [1.807, 2.05) is 0 Å². The lowest BCUT2D eigenvalue weighted by atomic mass is 9.98. The average molecular weight is 562 g/mol. The van der Waals surface area contributed by atoms with Crippen LogP contribution in [-0.2, 0) is 14.3 Å². The van der Waals surface area contributed by atoms with Gasteiger partial charge in [-0.1, -0.05) is 23.2 Å². The molecule has 3 aromatic carbocycles. The van der Waals surface area contributed by atoms with Gasteiger partial charge in [0.15, 0.2) is 11.4 Å². The van der Waals surface area contributed by atoms with Gasteiger partial charge in [0.05, 0.1) is 16.4 Å². The second kappa shape index (κ2) is 11.5. The fourth-order valence-corrected chi connectivity index (χ4v) is 4.07. The van der Waals surface area contributed by atoms with E-state index < -0.39 is 29.8 Å². The van der Waals surface area contributed by atoms with Crippen molar-refractivity contribution in [2.75, 3.05) is 4.90 Å². The summed E-state index contributed by atoms with van der Waals surface area (Å²) in [6.07, 6.45) is -2.34. The van der Waals surface area contributed by atoms with Crippen molar-refractivity contribution in [3.05, 3.63) is 92.7 Å². The van der Waals surface area contributed by atoms with Gasteiger partial charge in [-0.15, -0.1) is 0 Å². The number of halogens is 3. The van der Waals surface area contributed by atoms with Crippen molar-refractivity contribution in [2.45, 2.75) is 46.5 Å². The van der Waals surface area contributed by atoms with Crippen LogP contribution in [-0.4, -0.2) is 34.8 Å².